The van der Waals surface area contributed by atoms with Gasteiger partial charge in [-0.25, -0.2) is 14.8 Å². The second kappa shape index (κ2) is 7.46. The van der Waals surface area contributed by atoms with Crippen LogP contribution in [0, 0.1) is 0 Å². The molecule has 0 radical (unpaired) electrons. The standard InChI is InChI=1S/C22H23N5O3/c1-26-6-5-14-10-20(29-2)19(9-16(14)13-26)25-21-23-12-15-3-4-17(11-18(15)24-21)27-7-8-30-22(27)28/h3-4,9-12H,5-8,13H2,1-2H3,(H,23,24,25). The Morgan fingerprint density at radius 1 is 1.17 bits per heavy atom. The van der Waals surface area contributed by atoms with Gasteiger partial charge < -0.3 is 19.7 Å². The van der Waals surface area contributed by atoms with E-state index >= 15 is 0 Å². The van der Waals surface area contributed by atoms with Gasteiger partial charge in [-0.15, -0.1) is 0 Å². The summed E-state index contributed by atoms with van der Waals surface area (Å²) in [5.41, 5.74) is 4.95. The van der Waals surface area contributed by atoms with Crippen molar-refractivity contribution < 1.29 is 14.3 Å². The monoisotopic (exact) mass is 405 g/mol. The molecule has 1 amide bonds. The number of carbonyl (C=O) groups is 1. The van der Waals surface area contributed by atoms with E-state index in [2.05, 4.69) is 39.4 Å². The summed E-state index contributed by atoms with van der Waals surface area (Å²) in [5, 5.41) is 4.21. The van der Waals surface area contributed by atoms with Crippen LogP contribution in [0.1, 0.15) is 11.1 Å². The van der Waals surface area contributed by atoms with Crippen LogP contribution in [-0.4, -0.2) is 54.8 Å². The summed E-state index contributed by atoms with van der Waals surface area (Å²) in [6, 6.07) is 9.90. The number of likely N-dealkylation sites (N-methyl/N-ethyl adjacent to an activating group) is 1. The molecule has 30 heavy (non-hydrogen) atoms. The molecule has 0 atom stereocenters. The average Bonchev–Trinajstić information content (AvgIpc) is 3.18. The summed E-state index contributed by atoms with van der Waals surface area (Å²) in [5.74, 6) is 1.25. The van der Waals surface area contributed by atoms with E-state index in [0.717, 1.165) is 47.5 Å². The maximum Gasteiger partial charge on any atom is 0.414 e. The summed E-state index contributed by atoms with van der Waals surface area (Å²) in [6.45, 7) is 2.90. The van der Waals surface area contributed by atoms with Crippen LogP contribution < -0.4 is 15.0 Å². The highest BCUT2D eigenvalue weighted by Gasteiger charge is 2.24. The number of ether oxygens (including phenoxy) is 2. The van der Waals surface area contributed by atoms with Crippen molar-refractivity contribution in [2.24, 2.45) is 0 Å². The number of nitrogens with zero attached hydrogens (tertiary/aromatic N) is 4. The van der Waals surface area contributed by atoms with Gasteiger partial charge in [0.25, 0.3) is 0 Å². The number of anilines is 3. The molecular weight excluding hydrogens is 382 g/mol. The fourth-order valence-corrected chi connectivity index (χ4v) is 3.98. The molecule has 0 spiro atoms. The van der Waals surface area contributed by atoms with Crippen molar-refractivity contribution in [2.45, 2.75) is 13.0 Å². The molecule has 1 N–H and O–H groups in total. The highest BCUT2D eigenvalue weighted by Crippen LogP contribution is 2.33. The number of hydrogen-bond acceptors (Lipinski definition) is 7. The molecule has 2 aliphatic heterocycles. The Kier molecular flexibility index (Phi) is 4.63. The number of fused-ring (bicyclic) bond motifs is 2. The Hall–Kier alpha value is -3.39. The Bertz CT molecular complexity index is 1130. The lowest BCUT2D eigenvalue weighted by Crippen LogP contribution is -2.26. The molecule has 154 valence electrons. The maximum atomic E-state index is 11.9. The van der Waals surface area contributed by atoms with E-state index in [-0.39, 0.29) is 6.09 Å². The van der Waals surface area contributed by atoms with Crippen molar-refractivity contribution in [3.63, 3.8) is 0 Å². The van der Waals surface area contributed by atoms with Gasteiger partial charge in [0.15, 0.2) is 0 Å². The van der Waals surface area contributed by atoms with Crippen LogP contribution in [0.15, 0.2) is 36.5 Å². The number of hydrogen-bond donors (Lipinski definition) is 1. The van der Waals surface area contributed by atoms with Crippen molar-refractivity contribution >= 4 is 34.3 Å². The number of benzene rings is 2. The van der Waals surface area contributed by atoms with Crippen molar-refractivity contribution in [3.05, 3.63) is 47.7 Å². The first kappa shape index (κ1) is 18.6. The van der Waals surface area contributed by atoms with Crippen molar-refractivity contribution in [3.8, 4) is 5.75 Å². The van der Waals surface area contributed by atoms with Gasteiger partial charge >= 0.3 is 6.09 Å². The smallest absolute Gasteiger partial charge is 0.414 e. The maximum absolute atomic E-state index is 11.9. The Balaban J connectivity index is 1.47. The van der Waals surface area contributed by atoms with Crippen LogP contribution in [-0.2, 0) is 17.7 Å². The summed E-state index contributed by atoms with van der Waals surface area (Å²) >= 11 is 0. The van der Waals surface area contributed by atoms with Gasteiger partial charge in [-0.1, -0.05) is 0 Å². The first-order valence-electron chi connectivity index (χ1n) is 9.97. The summed E-state index contributed by atoms with van der Waals surface area (Å²) in [6.07, 6.45) is 2.46. The quantitative estimate of drug-likeness (QED) is 0.713. The Morgan fingerprint density at radius 2 is 2.07 bits per heavy atom. The average molecular weight is 405 g/mol. The molecule has 0 bridgehead atoms. The van der Waals surface area contributed by atoms with Crippen LogP contribution in [0.3, 0.4) is 0 Å². The Morgan fingerprint density at radius 3 is 2.87 bits per heavy atom. The van der Waals surface area contributed by atoms with Gasteiger partial charge in [0.1, 0.15) is 12.4 Å². The van der Waals surface area contributed by atoms with E-state index in [1.807, 2.05) is 18.2 Å². The predicted molar refractivity (Wildman–Crippen MR) is 115 cm³/mol. The van der Waals surface area contributed by atoms with Gasteiger partial charge in [-0.05, 0) is 54.9 Å². The Labute approximate surface area is 174 Å². The van der Waals surface area contributed by atoms with E-state index in [4.69, 9.17) is 9.47 Å². The van der Waals surface area contributed by atoms with Crippen LogP contribution in [0.4, 0.5) is 22.1 Å². The molecule has 3 heterocycles. The number of aromatic nitrogens is 2. The lowest BCUT2D eigenvalue weighted by Gasteiger charge is -2.26. The molecule has 1 aromatic heterocycles. The van der Waals surface area contributed by atoms with Gasteiger partial charge in [-0.3, -0.25) is 4.90 Å². The van der Waals surface area contributed by atoms with Crippen LogP contribution >= 0.6 is 0 Å². The van der Waals surface area contributed by atoms with E-state index in [1.165, 1.54) is 11.1 Å². The molecule has 1 fully saturated rings. The molecule has 5 rings (SSSR count). The SMILES string of the molecule is COc1cc2c(cc1Nc1ncc3ccc(N4CCOC4=O)cc3n1)CN(C)CC2. The largest absolute Gasteiger partial charge is 0.495 e. The second-order valence-electron chi connectivity index (χ2n) is 7.64. The summed E-state index contributed by atoms with van der Waals surface area (Å²) < 4.78 is 10.6. The van der Waals surface area contributed by atoms with E-state index in [0.29, 0.717) is 19.1 Å². The number of amides is 1. The molecule has 8 nitrogen and oxygen atoms in total. The first-order chi connectivity index (χ1) is 14.6. The lowest BCUT2D eigenvalue weighted by molar-refractivity contribution is 0.181. The number of cyclic esters (lactones) is 1. The highest BCUT2D eigenvalue weighted by molar-refractivity contribution is 5.93. The molecule has 0 unspecified atom stereocenters. The molecule has 1 saturated heterocycles. The third-order valence-electron chi connectivity index (χ3n) is 5.61. The molecule has 8 heteroatoms. The minimum Gasteiger partial charge on any atom is -0.495 e. The fraction of sp³-hybridized carbons (Fsp3) is 0.318. The van der Waals surface area contributed by atoms with Crippen molar-refractivity contribution in [1.29, 1.82) is 0 Å². The zero-order valence-corrected chi connectivity index (χ0v) is 17.0. The minimum absolute atomic E-state index is 0.328. The molecule has 3 aromatic rings. The van der Waals surface area contributed by atoms with Gasteiger partial charge in [0, 0.05) is 30.4 Å². The summed E-state index contributed by atoms with van der Waals surface area (Å²) in [4.78, 5) is 24.9. The third kappa shape index (κ3) is 3.39. The second-order valence-corrected chi connectivity index (χ2v) is 7.64. The predicted octanol–water partition coefficient (Wildman–Crippen LogP) is 3.33. The first-order valence-corrected chi connectivity index (χ1v) is 9.97. The summed E-state index contributed by atoms with van der Waals surface area (Å²) in [7, 11) is 3.80. The van der Waals surface area contributed by atoms with E-state index < -0.39 is 0 Å². The zero-order chi connectivity index (χ0) is 20.7. The number of methoxy groups -OCH3 is 1. The highest BCUT2D eigenvalue weighted by atomic mass is 16.6. The zero-order valence-electron chi connectivity index (χ0n) is 17.0. The molecule has 0 saturated carbocycles. The van der Waals surface area contributed by atoms with Crippen LogP contribution in [0.25, 0.3) is 10.9 Å². The molecule has 2 aromatic carbocycles. The van der Waals surface area contributed by atoms with E-state index in [1.54, 1.807) is 18.2 Å². The van der Waals surface area contributed by atoms with E-state index in [9.17, 15) is 4.79 Å². The topological polar surface area (TPSA) is 79.8 Å². The molecule has 2 aliphatic rings. The number of rotatable bonds is 4. The van der Waals surface area contributed by atoms with Gasteiger partial charge in [-0.2, -0.15) is 0 Å². The van der Waals surface area contributed by atoms with Crippen LogP contribution in [0.5, 0.6) is 5.75 Å². The minimum atomic E-state index is -0.328. The fourth-order valence-electron chi connectivity index (χ4n) is 3.98. The third-order valence-corrected chi connectivity index (χ3v) is 5.61. The molecular formula is C22H23N5O3. The lowest BCUT2D eigenvalue weighted by atomic mass is 9.99. The normalized spacial score (nSPS) is 16.5. The van der Waals surface area contributed by atoms with Gasteiger partial charge in [0.05, 0.1) is 24.9 Å². The van der Waals surface area contributed by atoms with Crippen molar-refractivity contribution in [2.75, 3.05) is 44.1 Å². The number of nitrogens with one attached hydrogen (secondary N) is 1. The van der Waals surface area contributed by atoms with Crippen molar-refractivity contribution in [1.82, 2.24) is 14.9 Å². The van der Waals surface area contributed by atoms with Crippen LogP contribution in [0.2, 0.25) is 0 Å². The van der Waals surface area contributed by atoms with Gasteiger partial charge in [0.2, 0.25) is 5.95 Å². The molecule has 0 aliphatic carbocycles. The number of carbonyl (C=O) groups excluding carboxylic acids is 1.